The van der Waals surface area contributed by atoms with Crippen LogP contribution in [0.25, 0.3) is 11.2 Å². The van der Waals surface area contributed by atoms with Gasteiger partial charge in [0, 0.05) is 73.6 Å². The van der Waals surface area contributed by atoms with Crippen LogP contribution in [0.15, 0.2) is 19.0 Å². The van der Waals surface area contributed by atoms with E-state index in [0.717, 1.165) is 63.9 Å². The topological polar surface area (TPSA) is 183 Å². The molecule has 2 aromatic rings. The molecule has 5 N–H and O–H groups in total. The number of nitrogens with two attached hydrogens (primary N) is 2. The molecule has 5 fully saturated rings. The number of aromatic nitrogens is 4. The van der Waals surface area contributed by atoms with Crippen LogP contribution in [0.1, 0.15) is 91.9 Å². The first-order valence-corrected chi connectivity index (χ1v) is 21.2. The normalized spacial score (nSPS) is 35.1. The average molecular weight is 765 g/mol. The molecule has 13 nitrogen and oxygen atoms in total. The number of rotatable bonds is 9. The van der Waals surface area contributed by atoms with E-state index in [4.69, 9.17) is 16.2 Å². The SMILES string of the molecule is C=C[C@]1(C)C[C@@H](OC(=O)CSC2CCN(C(=O)CCn3cnc4c(N5CCC(N)CC5)nc(N)nc43)CC2)[C@]2(C)[C@H](C)CC[C@]3(CCC(=O)[C@@H]32)[C@@H](C)[C@@H]1O. The van der Waals surface area contributed by atoms with Gasteiger partial charge in [-0.3, -0.25) is 14.4 Å². The number of thioether (sulfide) groups is 1. The molecule has 2 aliphatic heterocycles. The summed E-state index contributed by atoms with van der Waals surface area (Å²) >= 11 is 1.59. The molecule has 1 amide bonds. The van der Waals surface area contributed by atoms with Crippen molar-refractivity contribution >= 4 is 52.4 Å². The van der Waals surface area contributed by atoms with Gasteiger partial charge in [0.1, 0.15) is 11.9 Å². The molecule has 0 radical (unpaired) electrons. The number of piperidine rings is 2. The van der Waals surface area contributed by atoms with Crippen LogP contribution in [-0.4, -0.2) is 103 Å². The van der Waals surface area contributed by atoms with Gasteiger partial charge in [0.2, 0.25) is 11.9 Å². The maximum atomic E-state index is 13.7. The van der Waals surface area contributed by atoms with E-state index in [0.29, 0.717) is 50.1 Å². The number of carbonyl (C=O) groups is 3. The number of ether oxygens (including phenoxy) is 1. The van der Waals surface area contributed by atoms with E-state index in [2.05, 4.69) is 47.2 Å². The van der Waals surface area contributed by atoms with Crippen molar-refractivity contribution in [2.75, 3.05) is 42.6 Å². The highest BCUT2D eigenvalue weighted by Crippen LogP contribution is 2.68. The van der Waals surface area contributed by atoms with Crippen LogP contribution in [0.2, 0.25) is 0 Å². The Labute approximate surface area is 323 Å². The Morgan fingerprint density at radius 2 is 1.81 bits per heavy atom. The maximum Gasteiger partial charge on any atom is 0.316 e. The van der Waals surface area contributed by atoms with Crippen molar-refractivity contribution in [3.63, 3.8) is 0 Å². The van der Waals surface area contributed by atoms with Crippen LogP contribution in [0.5, 0.6) is 0 Å². The first kappa shape index (κ1) is 39.0. The Morgan fingerprint density at radius 3 is 2.52 bits per heavy atom. The number of anilines is 2. The van der Waals surface area contributed by atoms with Crippen molar-refractivity contribution in [3.05, 3.63) is 19.0 Å². The minimum atomic E-state index is -0.686. The van der Waals surface area contributed by atoms with Gasteiger partial charge in [0.25, 0.3) is 0 Å². The number of imidazole rings is 1. The van der Waals surface area contributed by atoms with Gasteiger partial charge in [-0.1, -0.05) is 33.8 Å². The van der Waals surface area contributed by atoms with Crippen molar-refractivity contribution in [3.8, 4) is 0 Å². The molecule has 8 atom stereocenters. The molecule has 3 saturated carbocycles. The molecular weight excluding hydrogens is 705 g/mol. The lowest BCUT2D eigenvalue weighted by atomic mass is 9.44. The van der Waals surface area contributed by atoms with Gasteiger partial charge in [-0.05, 0) is 68.6 Å². The molecule has 0 unspecified atom stereocenters. The number of nitrogen functional groups attached to an aromatic ring is 1. The summed E-state index contributed by atoms with van der Waals surface area (Å²) in [5.74, 6) is 1.04. The number of amides is 1. The second kappa shape index (κ2) is 15.0. The van der Waals surface area contributed by atoms with Crippen LogP contribution < -0.4 is 16.4 Å². The highest BCUT2D eigenvalue weighted by atomic mass is 32.2. The number of aliphatic hydroxyl groups is 1. The fourth-order valence-electron chi connectivity index (χ4n) is 11.0. The standard InChI is InChI=1S/C40H60N8O5S/c1-6-38(4)21-29(39(5)24(2)7-14-40(25(3)34(38)52)15-8-28(49)33(39)40)53-31(51)22-54-27-11-18-46(19-12-27)30(50)13-20-48-23-43-32-35(44-37(42)45-36(32)48)47-16-9-26(41)10-17-47/h6,23-27,29,33-34,52H,1,7-22,41H2,2-5H3,(H2,42,44,45)/t24-,25+,29-,33-,34+,38-,39+,40+/m1/s1. The second-order valence-electron chi connectivity index (χ2n) is 17.5. The molecule has 0 spiro atoms. The zero-order valence-electron chi connectivity index (χ0n) is 32.5. The van der Waals surface area contributed by atoms with Crippen molar-refractivity contribution < 1.29 is 24.2 Å². The number of carbonyl (C=O) groups excluding carboxylic acids is 3. The summed E-state index contributed by atoms with van der Waals surface area (Å²) in [7, 11) is 0. The van der Waals surface area contributed by atoms with Gasteiger partial charge in [0.15, 0.2) is 17.0 Å². The Bertz CT molecular complexity index is 1760. The third-order valence-corrected chi connectivity index (χ3v) is 16.0. The fraction of sp³-hybridized carbons (Fsp3) is 0.750. The molecular formula is C40H60N8O5S. The van der Waals surface area contributed by atoms with E-state index in [-0.39, 0.29) is 63.8 Å². The number of aliphatic hydroxyl groups excluding tert-OH is 1. The highest BCUT2D eigenvalue weighted by Gasteiger charge is 2.68. The molecule has 2 saturated heterocycles. The molecule has 3 aliphatic carbocycles. The van der Waals surface area contributed by atoms with Gasteiger partial charge >= 0.3 is 5.97 Å². The number of fused-ring (bicyclic) bond motifs is 1. The lowest BCUT2D eigenvalue weighted by molar-refractivity contribution is -0.205. The van der Waals surface area contributed by atoms with E-state index >= 15 is 0 Å². The van der Waals surface area contributed by atoms with Crippen LogP contribution in [0.3, 0.4) is 0 Å². The molecule has 2 aromatic heterocycles. The van der Waals surface area contributed by atoms with E-state index in [1.807, 2.05) is 22.5 Å². The third-order valence-electron chi connectivity index (χ3n) is 14.7. The quantitative estimate of drug-likeness (QED) is 0.243. The molecule has 4 heterocycles. The van der Waals surface area contributed by atoms with Crippen LogP contribution in [-0.2, 0) is 25.7 Å². The largest absolute Gasteiger partial charge is 0.461 e. The number of hydrogen-bond acceptors (Lipinski definition) is 12. The van der Waals surface area contributed by atoms with E-state index in [9.17, 15) is 19.5 Å². The summed E-state index contributed by atoms with van der Waals surface area (Å²) in [5, 5.41) is 12.0. The number of nitrogens with zero attached hydrogens (tertiary/aromatic N) is 6. The minimum absolute atomic E-state index is 0.0633. The van der Waals surface area contributed by atoms with Crippen molar-refractivity contribution in [1.29, 1.82) is 0 Å². The summed E-state index contributed by atoms with van der Waals surface area (Å²) in [6.07, 6.45) is 9.59. The number of aryl methyl sites for hydroxylation is 1. The van der Waals surface area contributed by atoms with Crippen molar-refractivity contribution in [2.24, 2.45) is 39.7 Å². The van der Waals surface area contributed by atoms with Gasteiger partial charge in [-0.2, -0.15) is 9.97 Å². The molecule has 5 aliphatic rings. The zero-order valence-corrected chi connectivity index (χ0v) is 33.4. The van der Waals surface area contributed by atoms with Crippen LogP contribution >= 0.6 is 11.8 Å². The van der Waals surface area contributed by atoms with Gasteiger partial charge in [0.05, 0.1) is 18.2 Å². The van der Waals surface area contributed by atoms with Crippen LogP contribution in [0.4, 0.5) is 11.8 Å². The monoisotopic (exact) mass is 764 g/mol. The molecule has 14 heteroatoms. The highest BCUT2D eigenvalue weighted by molar-refractivity contribution is 8.00. The summed E-state index contributed by atoms with van der Waals surface area (Å²) in [4.78, 5) is 58.3. The van der Waals surface area contributed by atoms with Gasteiger partial charge in [-0.25, -0.2) is 4.98 Å². The van der Waals surface area contributed by atoms with Gasteiger partial charge in [-0.15, -0.1) is 18.3 Å². The number of esters is 1. The number of hydrogen-bond donors (Lipinski definition) is 3. The number of likely N-dealkylation sites (tertiary alicyclic amines) is 1. The summed E-state index contributed by atoms with van der Waals surface area (Å²) < 4.78 is 8.33. The van der Waals surface area contributed by atoms with Gasteiger partial charge < -0.3 is 35.7 Å². The van der Waals surface area contributed by atoms with E-state index in [1.165, 1.54) is 0 Å². The Morgan fingerprint density at radius 1 is 1.09 bits per heavy atom. The average Bonchev–Trinajstić information content (AvgIpc) is 3.74. The Kier molecular flexibility index (Phi) is 10.9. The predicted molar refractivity (Wildman–Crippen MR) is 210 cm³/mol. The van der Waals surface area contributed by atoms with E-state index < -0.39 is 23.0 Å². The second-order valence-corrected chi connectivity index (χ2v) is 18.8. The zero-order chi connectivity index (χ0) is 38.6. The fourth-order valence-corrected chi connectivity index (χ4v) is 12.0. The summed E-state index contributed by atoms with van der Waals surface area (Å²) in [6, 6.07) is 0.191. The molecule has 296 valence electrons. The Balaban J connectivity index is 0.937. The first-order chi connectivity index (χ1) is 25.7. The molecule has 2 bridgehead atoms. The molecule has 54 heavy (non-hydrogen) atoms. The third kappa shape index (κ3) is 6.82. The summed E-state index contributed by atoms with van der Waals surface area (Å²) in [6.45, 7) is 15.9. The summed E-state index contributed by atoms with van der Waals surface area (Å²) in [5.41, 5.74) is 12.0. The molecule has 0 aromatic carbocycles. The number of Topliss-reactive ketones (excluding diaryl/α,β-unsaturated/α-hetero) is 1. The van der Waals surface area contributed by atoms with Crippen molar-refractivity contribution in [2.45, 2.75) is 122 Å². The smallest absolute Gasteiger partial charge is 0.316 e. The Hall–Kier alpha value is -3.23. The van der Waals surface area contributed by atoms with Crippen molar-refractivity contribution in [1.82, 2.24) is 24.4 Å². The number of ketones is 1. The minimum Gasteiger partial charge on any atom is -0.461 e. The maximum absolute atomic E-state index is 13.7. The predicted octanol–water partition coefficient (Wildman–Crippen LogP) is 4.36. The van der Waals surface area contributed by atoms with Crippen LogP contribution in [0, 0.1) is 34.0 Å². The lowest BCUT2D eigenvalue weighted by Gasteiger charge is -2.61. The first-order valence-electron chi connectivity index (χ1n) is 20.1. The molecule has 7 rings (SSSR count). The van der Waals surface area contributed by atoms with E-state index in [1.54, 1.807) is 18.1 Å². The lowest BCUT2D eigenvalue weighted by Crippen LogP contribution is -2.63.